The number of nitrogens with zero attached hydrogens (tertiary/aromatic N) is 1. The molecule has 4 aromatic rings. The van der Waals surface area contributed by atoms with E-state index >= 15 is 0 Å². The van der Waals surface area contributed by atoms with Crippen LogP contribution in [0, 0.1) is 0 Å². The summed E-state index contributed by atoms with van der Waals surface area (Å²) in [5.41, 5.74) is 4.07. The Hall–Kier alpha value is -4.65. The Kier molecular flexibility index (Phi) is 7.37. The van der Waals surface area contributed by atoms with E-state index in [1.54, 1.807) is 55.6 Å². The van der Waals surface area contributed by atoms with Crippen LogP contribution in [-0.2, 0) is 0 Å². The Labute approximate surface area is 202 Å². The van der Waals surface area contributed by atoms with Gasteiger partial charge in [-0.2, -0.15) is 5.10 Å². The smallest absolute Gasteiger partial charge is 0.344 e. The molecule has 0 aliphatic carbocycles. The second-order valence-corrected chi connectivity index (χ2v) is 7.48. The lowest BCUT2D eigenvalue weighted by Crippen LogP contribution is -2.17. The minimum atomic E-state index is -0.476. The molecule has 1 amide bonds. The van der Waals surface area contributed by atoms with Crippen LogP contribution < -0.4 is 19.6 Å². The Morgan fingerprint density at radius 1 is 0.914 bits per heavy atom. The van der Waals surface area contributed by atoms with Crippen LogP contribution in [0.1, 0.15) is 33.2 Å². The lowest BCUT2D eigenvalue weighted by molar-refractivity contribution is 0.0730. The van der Waals surface area contributed by atoms with Crippen LogP contribution in [0.3, 0.4) is 0 Å². The topological polar surface area (TPSA) is 86.2 Å². The Morgan fingerprint density at radius 3 is 2.46 bits per heavy atom. The van der Waals surface area contributed by atoms with Crippen molar-refractivity contribution in [3.63, 3.8) is 0 Å². The van der Waals surface area contributed by atoms with Gasteiger partial charge in [-0.1, -0.05) is 36.4 Å². The molecule has 7 nitrogen and oxygen atoms in total. The van der Waals surface area contributed by atoms with E-state index in [0.29, 0.717) is 40.5 Å². The Morgan fingerprint density at radius 2 is 1.69 bits per heavy atom. The third kappa shape index (κ3) is 5.65. The molecule has 0 saturated carbocycles. The third-order valence-corrected chi connectivity index (χ3v) is 5.21. The number of ether oxygens (including phenoxy) is 3. The zero-order valence-corrected chi connectivity index (χ0v) is 19.4. The van der Waals surface area contributed by atoms with Gasteiger partial charge in [0.1, 0.15) is 5.75 Å². The molecule has 0 saturated heterocycles. The summed E-state index contributed by atoms with van der Waals surface area (Å²) in [4.78, 5) is 25.2. The van der Waals surface area contributed by atoms with Crippen molar-refractivity contribution in [1.82, 2.24) is 5.43 Å². The van der Waals surface area contributed by atoms with Crippen LogP contribution >= 0.6 is 0 Å². The third-order valence-electron chi connectivity index (χ3n) is 5.21. The van der Waals surface area contributed by atoms with Crippen LogP contribution in [0.15, 0.2) is 90.0 Å². The highest BCUT2D eigenvalue weighted by Crippen LogP contribution is 2.30. The molecule has 4 aromatic carbocycles. The van der Waals surface area contributed by atoms with Gasteiger partial charge in [0, 0.05) is 5.56 Å². The first-order valence-electron chi connectivity index (χ1n) is 11.0. The molecule has 0 aromatic heterocycles. The van der Waals surface area contributed by atoms with Gasteiger partial charge < -0.3 is 14.2 Å². The molecule has 0 bridgehead atoms. The van der Waals surface area contributed by atoms with Crippen molar-refractivity contribution in [3.05, 3.63) is 102 Å². The van der Waals surface area contributed by atoms with Crippen molar-refractivity contribution in [2.45, 2.75) is 6.92 Å². The number of rotatable bonds is 8. The van der Waals surface area contributed by atoms with Crippen LogP contribution in [-0.4, -0.2) is 31.8 Å². The van der Waals surface area contributed by atoms with Crippen molar-refractivity contribution >= 4 is 28.9 Å². The maximum atomic E-state index is 12.9. The molecule has 0 aliphatic heterocycles. The monoisotopic (exact) mass is 468 g/mol. The zero-order chi connectivity index (χ0) is 24.6. The summed E-state index contributed by atoms with van der Waals surface area (Å²) in [6.07, 6.45) is 1.49. The number of methoxy groups -OCH3 is 1. The highest BCUT2D eigenvalue weighted by molar-refractivity contribution is 6.05. The number of benzene rings is 4. The predicted molar refractivity (Wildman–Crippen MR) is 135 cm³/mol. The van der Waals surface area contributed by atoms with Gasteiger partial charge in [-0.25, -0.2) is 10.2 Å². The molecule has 0 spiro atoms. The van der Waals surface area contributed by atoms with Crippen molar-refractivity contribution in [3.8, 4) is 17.2 Å². The van der Waals surface area contributed by atoms with E-state index in [2.05, 4.69) is 10.5 Å². The molecule has 176 valence electrons. The van der Waals surface area contributed by atoms with Crippen molar-refractivity contribution in [2.75, 3.05) is 13.7 Å². The second kappa shape index (κ2) is 11.0. The fraction of sp³-hybridized carbons (Fsp3) is 0.107. The lowest BCUT2D eigenvalue weighted by Gasteiger charge is -2.12. The second-order valence-electron chi connectivity index (χ2n) is 7.48. The number of hydrogen-bond acceptors (Lipinski definition) is 6. The average molecular weight is 469 g/mol. The van der Waals surface area contributed by atoms with E-state index in [-0.39, 0.29) is 5.91 Å². The number of amides is 1. The molecule has 1 N–H and O–H groups in total. The Balaban J connectivity index is 1.48. The maximum Gasteiger partial charge on any atom is 0.344 e. The molecule has 0 unspecified atom stereocenters. The molecule has 0 fully saturated rings. The summed E-state index contributed by atoms with van der Waals surface area (Å²) < 4.78 is 16.5. The molecule has 7 heteroatoms. The molecule has 35 heavy (non-hydrogen) atoms. The van der Waals surface area contributed by atoms with Crippen LogP contribution in [0.4, 0.5) is 0 Å². The largest absolute Gasteiger partial charge is 0.497 e. The molecular formula is C28H24N2O5. The summed E-state index contributed by atoms with van der Waals surface area (Å²) in [5, 5.41) is 5.78. The van der Waals surface area contributed by atoms with Gasteiger partial charge in [0.2, 0.25) is 0 Å². The first-order valence-corrected chi connectivity index (χ1v) is 11.0. The van der Waals surface area contributed by atoms with E-state index < -0.39 is 5.97 Å². The molecule has 0 heterocycles. The number of hydrogen-bond donors (Lipinski definition) is 1. The molecule has 4 rings (SSSR count). The molecule has 0 aliphatic rings. The van der Waals surface area contributed by atoms with Gasteiger partial charge in [0.15, 0.2) is 11.5 Å². The van der Waals surface area contributed by atoms with Crippen LogP contribution in [0.5, 0.6) is 17.2 Å². The highest BCUT2D eigenvalue weighted by Gasteiger charge is 2.15. The summed E-state index contributed by atoms with van der Waals surface area (Å²) >= 11 is 0. The number of hydrazone groups is 1. The van der Waals surface area contributed by atoms with Crippen molar-refractivity contribution in [1.29, 1.82) is 0 Å². The average Bonchev–Trinajstić information content (AvgIpc) is 2.89. The van der Waals surface area contributed by atoms with E-state index in [9.17, 15) is 9.59 Å². The number of esters is 1. The summed E-state index contributed by atoms with van der Waals surface area (Å²) in [6.45, 7) is 2.22. The molecule has 0 atom stereocenters. The SMILES string of the molecule is CCOc1cc(/C=N\NC(=O)c2ccc(OC)cc2)ccc1OC(=O)c1cccc2ccccc12. The fourth-order valence-electron chi connectivity index (χ4n) is 3.49. The number of nitrogens with one attached hydrogen (secondary N) is 1. The van der Waals surface area contributed by atoms with E-state index in [0.717, 1.165) is 10.8 Å². The first kappa shape index (κ1) is 23.5. The summed E-state index contributed by atoms with van der Waals surface area (Å²) in [6, 6.07) is 24.9. The zero-order valence-electron chi connectivity index (χ0n) is 19.4. The number of fused-ring (bicyclic) bond motifs is 1. The quantitative estimate of drug-likeness (QED) is 0.166. The van der Waals surface area contributed by atoms with E-state index in [4.69, 9.17) is 14.2 Å². The van der Waals surface area contributed by atoms with Crippen molar-refractivity contribution < 1.29 is 23.8 Å². The number of carbonyl (C=O) groups is 2. The van der Waals surface area contributed by atoms with Gasteiger partial charge >= 0.3 is 5.97 Å². The van der Waals surface area contributed by atoms with Gasteiger partial charge in [0.25, 0.3) is 5.91 Å². The summed E-state index contributed by atoms with van der Waals surface area (Å²) in [5.74, 6) is 0.524. The predicted octanol–water partition coefficient (Wildman–Crippen LogP) is 5.23. The van der Waals surface area contributed by atoms with Crippen LogP contribution in [0.2, 0.25) is 0 Å². The highest BCUT2D eigenvalue weighted by atomic mass is 16.6. The van der Waals surface area contributed by atoms with Gasteiger partial charge in [-0.3, -0.25) is 4.79 Å². The van der Waals surface area contributed by atoms with Crippen molar-refractivity contribution in [2.24, 2.45) is 5.10 Å². The maximum absolute atomic E-state index is 12.9. The van der Waals surface area contributed by atoms with E-state index in [1.807, 2.05) is 43.3 Å². The normalized spacial score (nSPS) is 10.8. The molecule has 0 radical (unpaired) electrons. The lowest BCUT2D eigenvalue weighted by atomic mass is 10.0. The van der Waals surface area contributed by atoms with Gasteiger partial charge in [0.05, 0.1) is 25.5 Å². The minimum absolute atomic E-state index is 0.296. The standard InChI is InChI=1S/C28H24N2O5/c1-3-34-26-17-19(18-29-30-27(31)21-12-14-22(33-2)15-13-21)11-16-25(26)35-28(32)24-10-6-8-20-7-4-5-9-23(20)24/h4-18H,3H2,1-2H3,(H,30,31)/b29-18-. The Bertz CT molecular complexity index is 1370. The number of carbonyl (C=O) groups excluding carboxylic acids is 2. The van der Waals surface area contributed by atoms with Gasteiger partial charge in [-0.15, -0.1) is 0 Å². The molecular weight excluding hydrogens is 444 g/mol. The summed E-state index contributed by atoms with van der Waals surface area (Å²) in [7, 11) is 1.56. The van der Waals surface area contributed by atoms with Gasteiger partial charge in [-0.05, 0) is 71.8 Å². The minimum Gasteiger partial charge on any atom is -0.497 e. The van der Waals surface area contributed by atoms with E-state index in [1.165, 1.54) is 6.21 Å². The van der Waals surface area contributed by atoms with Crippen LogP contribution in [0.25, 0.3) is 10.8 Å². The fourth-order valence-corrected chi connectivity index (χ4v) is 3.49. The first-order chi connectivity index (χ1) is 17.1.